The SMILES string of the molecule is O=C1OC2(c3ccc(O)cc3Oc3cc(O)c4c(c32)OS(=O)(=O)O4)c2ccccc21. The van der Waals surface area contributed by atoms with E-state index in [1.54, 1.807) is 24.3 Å². The van der Waals surface area contributed by atoms with Crippen molar-refractivity contribution in [3.63, 3.8) is 0 Å². The topological polar surface area (TPSA) is 129 Å². The highest BCUT2D eigenvalue weighted by atomic mass is 32.3. The Kier molecular flexibility index (Phi) is 2.92. The van der Waals surface area contributed by atoms with Crippen molar-refractivity contribution in [2.45, 2.75) is 5.60 Å². The van der Waals surface area contributed by atoms with E-state index >= 15 is 0 Å². The van der Waals surface area contributed by atoms with Crippen LogP contribution in [0, 0.1) is 0 Å². The number of phenols is 2. The number of aromatic hydroxyl groups is 2. The molecule has 0 bridgehead atoms. The first-order valence-corrected chi connectivity index (χ1v) is 10.0. The lowest BCUT2D eigenvalue weighted by atomic mass is 9.77. The van der Waals surface area contributed by atoms with Crippen LogP contribution >= 0.6 is 0 Å². The number of esters is 1. The number of hydrogen-bond donors (Lipinski definition) is 2. The zero-order valence-corrected chi connectivity index (χ0v) is 15.6. The van der Waals surface area contributed by atoms with Crippen molar-refractivity contribution in [2.75, 3.05) is 0 Å². The molecule has 0 saturated carbocycles. The van der Waals surface area contributed by atoms with Crippen molar-refractivity contribution in [1.29, 1.82) is 0 Å². The molecule has 0 saturated heterocycles. The fourth-order valence-corrected chi connectivity index (χ4v) is 4.90. The first kappa shape index (κ1) is 17.0. The summed E-state index contributed by atoms with van der Waals surface area (Å²) in [7, 11) is -4.48. The van der Waals surface area contributed by atoms with Gasteiger partial charge in [0.15, 0.2) is 11.4 Å². The van der Waals surface area contributed by atoms with Crippen LogP contribution in [0.15, 0.2) is 48.5 Å². The Hall–Kier alpha value is -3.92. The van der Waals surface area contributed by atoms with E-state index in [1.165, 1.54) is 18.2 Å². The van der Waals surface area contributed by atoms with Crippen LogP contribution in [0.2, 0.25) is 0 Å². The maximum Gasteiger partial charge on any atom is 0.501 e. The lowest BCUT2D eigenvalue weighted by Crippen LogP contribution is -2.33. The molecular weight excluding hydrogens is 416 g/mol. The van der Waals surface area contributed by atoms with Gasteiger partial charge in [0.25, 0.3) is 0 Å². The van der Waals surface area contributed by atoms with Crippen LogP contribution < -0.4 is 13.1 Å². The monoisotopic (exact) mass is 426 g/mol. The van der Waals surface area contributed by atoms with E-state index in [0.29, 0.717) is 11.1 Å². The molecular formula is C20H10O9S. The molecule has 1 atom stereocenters. The van der Waals surface area contributed by atoms with Crippen molar-refractivity contribution in [3.05, 3.63) is 70.8 Å². The van der Waals surface area contributed by atoms with Gasteiger partial charge < -0.3 is 28.1 Å². The molecule has 10 heteroatoms. The van der Waals surface area contributed by atoms with E-state index in [4.69, 9.17) is 17.8 Å². The molecule has 0 aromatic heterocycles. The highest BCUT2D eigenvalue weighted by Crippen LogP contribution is 2.63. The summed E-state index contributed by atoms with van der Waals surface area (Å²) in [5.41, 5.74) is -0.564. The lowest BCUT2D eigenvalue weighted by molar-refractivity contribution is 0.0220. The van der Waals surface area contributed by atoms with Gasteiger partial charge in [0.2, 0.25) is 11.5 Å². The number of phenolic OH excluding ortho intramolecular Hbond substituents is 2. The van der Waals surface area contributed by atoms with Crippen LogP contribution in [0.4, 0.5) is 0 Å². The molecule has 3 aliphatic rings. The van der Waals surface area contributed by atoms with Gasteiger partial charge in [-0.05, 0) is 18.2 Å². The van der Waals surface area contributed by atoms with Crippen molar-refractivity contribution < 1.29 is 41.3 Å². The van der Waals surface area contributed by atoms with Crippen molar-refractivity contribution in [3.8, 4) is 34.5 Å². The normalized spacial score (nSPS) is 21.4. The van der Waals surface area contributed by atoms with Crippen LogP contribution in [0.1, 0.15) is 27.0 Å². The third-order valence-corrected chi connectivity index (χ3v) is 5.98. The highest BCUT2D eigenvalue weighted by molar-refractivity contribution is 7.82. The summed E-state index contributed by atoms with van der Waals surface area (Å²) in [4.78, 5) is 12.8. The molecule has 150 valence electrons. The molecule has 1 spiro atoms. The van der Waals surface area contributed by atoms with Gasteiger partial charge in [-0.1, -0.05) is 18.2 Å². The van der Waals surface area contributed by atoms with E-state index in [2.05, 4.69) is 0 Å². The molecule has 1 unspecified atom stereocenters. The molecule has 6 rings (SSSR count). The molecule has 0 radical (unpaired) electrons. The summed E-state index contributed by atoms with van der Waals surface area (Å²) in [6, 6.07) is 12.0. The van der Waals surface area contributed by atoms with E-state index in [0.717, 1.165) is 6.07 Å². The molecule has 9 nitrogen and oxygen atoms in total. The molecule has 30 heavy (non-hydrogen) atoms. The highest BCUT2D eigenvalue weighted by Gasteiger charge is 2.57. The molecule has 2 N–H and O–H groups in total. The van der Waals surface area contributed by atoms with Crippen molar-refractivity contribution >= 4 is 16.4 Å². The van der Waals surface area contributed by atoms with Crippen LogP contribution in [0.5, 0.6) is 34.5 Å². The Labute approximate surface area is 169 Å². The van der Waals surface area contributed by atoms with Gasteiger partial charge in [0.05, 0.1) is 11.1 Å². The summed E-state index contributed by atoms with van der Waals surface area (Å²) < 4.78 is 45.5. The van der Waals surface area contributed by atoms with Crippen molar-refractivity contribution in [2.24, 2.45) is 0 Å². The second-order valence-corrected chi connectivity index (χ2v) is 8.05. The van der Waals surface area contributed by atoms with Crippen LogP contribution in [-0.2, 0) is 20.7 Å². The number of benzene rings is 3. The molecule has 3 aromatic carbocycles. The fourth-order valence-electron chi connectivity index (χ4n) is 4.14. The van der Waals surface area contributed by atoms with E-state index in [1.807, 2.05) is 0 Å². The zero-order valence-electron chi connectivity index (χ0n) is 14.8. The van der Waals surface area contributed by atoms with Gasteiger partial charge >= 0.3 is 16.4 Å². The molecule has 0 aliphatic carbocycles. The summed E-state index contributed by atoms with van der Waals surface area (Å²) in [6.45, 7) is 0. The van der Waals surface area contributed by atoms with Gasteiger partial charge in [0.1, 0.15) is 17.2 Å². The fraction of sp³-hybridized carbons (Fsp3) is 0.0500. The summed E-state index contributed by atoms with van der Waals surface area (Å²) in [5.74, 6) is -1.91. The predicted molar refractivity (Wildman–Crippen MR) is 98.2 cm³/mol. The Morgan fingerprint density at radius 3 is 2.47 bits per heavy atom. The van der Waals surface area contributed by atoms with Gasteiger partial charge in [0, 0.05) is 23.3 Å². The minimum absolute atomic E-state index is 0.0189. The molecule has 3 aliphatic heterocycles. The van der Waals surface area contributed by atoms with Crippen molar-refractivity contribution in [1.82, 2.24) is 0 Å². The summed E-state index contributed by atoms with van der Waals surface area (Å²) in [6.07, 6.45) is 0. The molecule has 3 aromatic rings. The quantitative estimate of drug-likeness (QED) is 0.521. The second kappa shape index (κ2) is 5.16. The van der Waals surface area contributed by atoms with E-state index in [9.17, 15) is 23.4 Å². The number of ether oxygens (including phenoxy) is 2. The zero-order chi connectivity index (χ0) is 20.8. The average Bonchev–Trinajstić information content (AvgIpc) is 3.17. The number of carbonyl (C=O) groups excluding carboxylic acids is 1. The third-order valence-electron chi connectivity index (χ3n) is 5.24. The first-order valence-electron chi connectivity index (χ1n) is 8.69. The maximum atomic E-state index is 12.8. The first-order chi connectivity index (χ1) is 14.3. The lowest BCUT2D eigenvalue weighted by Gasteiger charge is -2.36. The molecule has 0 amide bonds. The van der Waals surface area contributed by atoms with Gasteiger partial charge in [-0.2, -0.15) is 0 Å². The van der Waals surface area contributed by atoms with E-state index < -0.39 is 33.5 Å². The standard InChI is InChI=1S/C20H10O9S/c21-9-5-6-12-14(7-9)26-15-8-13(22)17-18(29-30(24,25)28-17)16(15)20(12)11-4-2-1-3-10(11)19(23)27-20/h1-8,21-22H. The Morgan fingerprint density at radius 2 is 1.63 bits per heavy atom. The molecule has 0 fully saturated rings. The minimum atomic E-state index is -4.48. The maximum absolute atomic E-state index is 12.8. The molecule has 3 heterocycles. The smallest absolute Gasteiger partial charge is 0.501 e. The largest absolute Gasteiger partial charge is 0.508 e. The number of hydrogen-bond acceptors (Lipinski definition) is 9. The Morgan fingerprint density at radius 1 is 0.867 bits per heavy atom. The van der Waals surface area contributed by atoms with Crippen LogP contribution in [-0.4, -0.2) is 24.6 Å². The van der Waals surface area contributed by atoms with Crippen LogP contribution in [0.25, 0.3) is 0 Å². The second-order valence-electron chi connectivity index (χ2n) is 6.90. The van der Waals surface area contributed by atoms with Crippen LogP contribution in [0.3, 0.4) is 0 Å². The van der Waals surface area contributed by atoms with Gasteiger partial charge in [-0.25, -0.2) is 4.79 Å². The Balaban J connectivity index is 1.78. The van der Waals surface area contributed by atoms with E-state index in [-0.39, 0.29) is 34.1 Å². The average molecular weight is 426 g/mol. The number of fused-ring (bicyclic) bond motifs is 8. The number of rotatable bonds is 0. The van der Waals surface area contributed by atoms with Gasteiger partial charge in [-0.15, -0.1) is 8.42 Å². The minimum Gasteiger partial charge on any atom is -0.508 e. The number of carbonyl (C=O) groups is 1. The summed E-state index contributed by atoms with van der Waals surface area (Å²) in [5, 5.41) is 20.2. The Bertz CT molecular complexity index is 1410. The van der Waals surface area contributed by atoms with Gasteiger partial charge in [-0.3, -0.25) is 0 Å². The third kappa shape index (κ3) is 1.95. The summed E-state index contributed by atoms with van der Waals surface area (Å²) >= 11 is 0. The predicted octanol–water partition coefficient (Wildman–Crippen LogP) is 2.68.